The van der Waals surface area contributed by atoms with Gasteiger partial charge >= 0.3 is 0 Å². The highest BCUT2D eigenvalue weighted by Crippen LogP contribution is 2.20. The zero-order valence-electron chi connectivity index (χ0n) is 10.8. The highest BCUT2D eigenvalue weighted by molar-refractivity contribution is 6.30. The van der Waals surface area contributed by atoms with Gasteiger partial charge in [-0.2, -0.15) is 0 Å². The molecule has 0 fully saturated rings. The van der Waals surface area contributed by atoms with E-state index >= 15 is 0 Å². The topological polar surface area (TPSA) is 29.5 Å². The molecule has 0 saturated carbocycles. The summed E-state index contributed by atoms with van der Waals surface area (Å²) in [7, 11) is 0. The van der Waals surface area contributed by atoms with Crippen molar-refractivity contribution in [1.82, 2.24) is 0 Å². The summed E-state index contributed by atoms with van der Waals surface area (Å²) in [5.74, 6) is 0.794. The van der Waals surface area contributed by atoms with Crippen molar-refractivity contribution in [2.45, 2.75) is 26.1 Å². The minimum absolute atomic E-state index is 0.398. The van der Waals surface area contributed by atoms with E-state index in [4.69, 9.17) is 16.3 Å². The number of hydrogen-bond donors (Lipinski definition) is 1. The van der Waals surface area contributed by atoms with Crippen molar-refractivity contribution < 1.29 is 9.84 Å². The van der Waals surface area contributed by atoms with Gasteiger partial charge in [-0.25, -0.2) is 0 Å². The third-order valence-electron chi connectivity index (χ3n) is 2.97. The Morgan fingerprint density at radius 1 is 1.05 bits per heavy atom. The number of aliphatic hydroxyl groups excluding tert-OH is 1. The van der Waals surface area contributed by atoms with Crippen molar-refractivity contribution in [3.8, 4) is 5.75 Å². The van der Waals surface area contributed by atoms with Gasteiger partial charge in [0.1, 0.15) is 12.4 Å². The van der Waals surface area contributed by atoms with Crippen LogP contribution in [0.3, 0.4) is 0 Å². The lowest BCUT2D eigenvalue weighted by Gasteiger charge is -2.10. The van der Waals surface area contributed by atoms with Gasteiger partial charge in [0.05, 0.1) is 6.10 Å². The summed E-state index contributed by atoms with van der Waals surface area (Å²) in [5.41, 5.74) is 1.99. The fourth-order valence-corrected chi connectivity index (χ4v) is 1.90. The van der Waals surface area contributed by atoms with Gasteiger partial charge in [-0.1, -0.05) is 42.8 Å². The van der Waals surface area contributed by atoms with Gasteiger partial charge in [0.2, 0.25) is 0 Å². The van der Waals surface area contributed by atoms with Crippen LogP contribution in [-0.2, 0) is 6.61 Å². The average molecular weight is 277 g/mol. The predicted octanol–water partition coefficient (Wildman–Crippen LogP) is 4.36. The lowest BCUT2D eigenvalue weighted by atomic mass is 10.1. The molecular weight excluding hydrogens is 260 g/mol. The Labute approximate surface area is 118 Å². The molecular formula is C16H17ClO2. The van der Waals surface area contributed by atoms with Gasteiger partial charge in [-0.05, 0) is 41.8 Å². The molecule has 0 bridgehead atoms. The van der Waals surface area contributed by atoms with Crippen molar-refractivity contribution >= 4 is 11.6 Å². The quantitative estimate of drug-likeness (QED) is 0.879. The zero-order valence-corrected chi connectivity index (χ0v) is 11.6. The molecule has 3 heteroatoms. The smallest absolute Gasteiger partial charge is 0.119 e. The molecule has 0 saturated heterocycles. The fraction of sp³-hybridized carbons (Fsp3) is 0.250. The van der Waals surface area contributed by atoms with Crippen molar-refractivity contribution in [2.75, 3.05) is 0 Å². The van der Waals surface area contributed by atoms with E-state index in [1.807, 2.05) is 55.5 Å². The minimum atomic E-state index is -0.398. The number of ether oxygens (including phenoxy) is 1. The second-order valence-corrected chi connectivity index (χ2v) is 4.84. The molecule has 0 aromatic heterocycles. The molecule has 1 N–H and O–H groups in total. The van der Waals surface area contributed by atoms with Gasteiger partial charge in [0.15, 0.2) is 0 Å². The van der Waals surface area contributed by atoms with E-state index in [0.29, 0.717) is 13.0 Å². The molecule has 2 aromatic carbocycles. The Bertz CT molecular complexity index is 505. The highest BCUT2D eigenvalue weighted by atomic mass is 35.5. The summed E-state index contributed by atoms with van der Waals surface area (Å²) in [5, 5.41) is 10.4. The summed E-state index contributed by atoms with van der Waals surface area (Å²) >= 11 is 5.83. The van der Waals surface area contributed by atoms with Gasteiger partial charge < -0.3 is 9.84 Å². The lowest BCUT2D eigenvalue weighted by molar-refractivity contribution is 0.173. The number of aliphatic hydroxyl groups is 1. The first kappa shape index (κ1) is 13.9. The summed E-state index contributed by atoms with van der Waals surface area (Å²) in [6.45, 7) is 2.46. The van der Waals surface area contributed by atoms with Crippen molar-refractivity contribution in [3.63, 3.8) is 0 Å². The molecule has 0 aliphatic heterocycles. The summed E-state index contributed by atoms with van der Waals surface area (Å²) in [4.78, 5) is 0. The second kappa shape index (κ2) is 6.60. The van der Waals surface area contributed by atoms with Gasteiger partial charge in [-0.15, -0.1) is 0 Å². The predicted molar refractivity (Wildman–Crippen MR) is 77.5 cm³/mol. The first-order valence-corrected chi connectivity index (χ1v) is 6.72. The van der Waals surface area contributed by atoms with E-state index in [1.54, 1.807) is 0 Å². The molecule has 19 heavy (non-hydrogen) atoms. The third kappa shape index (κ3) is 3.98. The Morgan fingerprint density at radius 3 is 2.26 bits per heavy atom. The monoisotopic (exact) mass is 276 g/mol. The highest BCUT2D eigenvalue weighted by Gasteiger charge is 2.04. The SMILES string of the molecule is CC[C@H](O)c1ccc(OCc2ccc(Cl)cc2)cc1. The first-order chi connectivity index (χ1) is 9.19. The normalized spacial score (nSPS) is 12.2. The molecule has 0 heterocycles. The van der Waals surface area contributed by atoms with Crippen LogP contribution in [-0.4, -0.2) is 5.11 Å². The van der Waals surface area contributed by atoms with Crippen LogP contribution in [0.4, 0.5) is 0 Å². The van der Waals surface area contributed by atoms with Crippen molar-refractivity contribution in [3.05, 3.63) is 64.7 Å². The molecule has 0 unspecified atom stereocenters. The standard InChI is InChI=1S/C16H17ClO2/c1-2-16(18)13-5-9-15(10-6-13)19-11-12-3-7-14(17)8-4-12/h3-10,16,18H,2,11H2,1H3/t16-/m0/s1. The van der Waals surface area contributed by atoms with Crippen LogP contribution in [0.25, 0.3) is 0 Å². The number of benzene rings is 2. The van der Waals surface area contributed by atoms with Crippen LogP contribution < -0.4 is 4.74 Å². The van der Waals surface area contributed by atoms with Crippen molar-refractivity contribution in [1.29, 1.82) is 0 Å². The van der Waals surface area contributed by atoms with E-state index in [1.165, 1.54) is 0 Å². The molecule has 0 spiro atoms. The summed E-state index contributed by atoms with van der Waals surface area (Å²) in [6.07, 6.45) is 0.315. The number of rotatable bonds is 5. The molecule has 100 valence electrons. The molecule has 2 rings (SSSR count). The van der Waals surface area contributed by atoms with E-state index in [-0.39, 0.29) is 0 Å². The maximum Gasteiger partial charge on any atom is 0.119 e. The third-order valence-corrected chi connectivity index (χ3v) is 3.22. The van der Waals surface area contributed by atoms with E-state index in [9.17, 15) is 5.11 Å². The van der Waals surface area contributed by atoms with Gasteiger partial charge in [0, 0.05) is 5.02 Å². The van der Waals surface area contributed by atoms with Crippen LogP contribution in [0, 0.1) is 0 Å². The van der Waals surface area contributed by atoms with Crippen molar-refractivity contribution in [2.24, 2.45) is 0 Å². The van der Waals surface area contributed by atoms with Gasteiger partial charge in [-0.3, -0.25) is 0 Å². The van der Waals surface area contributed by atoms with Crippen LogP contribution >= 0.6 is 11.6 Å². The van der Waals surface area contributed by atoms with Crippen LogP contribution in [0.15, 0.2) is 48.5 Å². The fourth-order valence-electron chi connectivity index (χ4n) is 1.77. The van der Waals surface area contributed by atoms with E-state index < -0.39 is 6.10 Å². The summed E-state index contributed by atoms with van der Waals surface area (Å²) in [6, 6.07) is 15.1. The first-order valence-electron chi connectivity index (χ1n) is 6.34. The molecule has 0 amide bonds. The average Bonchev–Trinajstić information content (AvgIpc) is 2.46. The number of hydrogen-bond acceptors (Lipinski definition) is 2. The lowest BCUT2D eigenvalue weighted by Crippen LogP contribution is -1.97. The van der Waals surface area contributed by atoms with E-state index in [2.05, 4.69) is 0 Å². The number of halogens is 1. The largest absolute Gasteiger partial charge is 0.489 e. The Morgan fingerprint density at radius 2 is 1.68 bits per heavy atom. The van der Waals surface area contributed by atoms with Crippen LogP contribution in [0.2, 0.25) is 5.02 Å². The van der Waals surface area contributed by atoms with Crippen LogP contribution in [0.1, 0.15) is 30.6 Å². The summed E-state index contributed by atoms with van der Waals surface area (Å²) < 4.78 is 5.68. The minimum Gasteiger partial charge on any atom is -0.489 e. The molecule has 0 aliphatic carbocycles. The Kier molecular flexibility index (Phi) is 4.83. The van der Waals surface area contributed by atoms with Gasteiger partial charge in [0.25, 0.3) is 0 Å². The zero-order chi connectivity index (χ0) is 13.7. The van der Waals surface area contributed by atoms with Crippen LogP contribution in [0.5, 0.6) is 5.75 Å². The maximum absolute atomic E-state index is 9.70. The maximum atomic E-state index is 9.70. The Hall–Kier alpha value is -1.51. The molecule has 0 aliphatic rings. The Balaban J connectivity index is 1.94. The molecule has 0 radical (unpaired) electrons. The van der Waals surface area contributed by atoms with E-state index in [0.717, 1.165) is 21.9 Å². The molecule has 2 aromatic rings. The molecule has 1 atom stereocenters. The second-order valence-electron chi connectivity index (χ2n) is 4.41. The molecule has 2 nitrogen and oxygen atoms in total.